The van der Waals surface area contributed by atoms with Crippen molar-refractivity contribution < 1.29 is 34.0 Å². The Kier molecular flexibility index (Phi) is 15.8. The highest BCUT2D eigenvalue weighted by Gasteiger charge is 2.16. The van der Waals surface area contributed by atoms with E-state index in [9.17, 15) is 14.9 Å². The molecule has 0 aliphatic carbocycles. The van der Waals surface area contributed by atoms with E-state index in [-0.39, 0.29) is 26.1 Å². The van der Waals surface area contributed by atoms with E-state index in [0.29, 0.717) is 67.7 Å². The normalized spacial score (nSPS) is 10.8. The van der Waals surface area contributed by atoms with Crippen molar-refractivity contribution in [3.05, 3.63) is 141 Å². The molecule has 0 fully saturated rings. The third kappa shape index (κ3) is 12.8. The molecule has 0 saturated carbocycles. The first-order valence-electron chi connectivity index (χ1n) is 18.8. The number of aromatic nitrogens is 1. The number of nitriles is 1. The van der Waals surface area contributed by atoms with E-state index >= 15 is 0 Å². The number of nitrogens with one attached hydrogen (secondary N) is 2. The van der Waals surface area contributed by atoms with Gasteiger partial charge in [0.05, 0.1) is 10.6 Å². The van der Waals surface area contributed by atoms with Crippen LogP contribution in [0.15, 0.2) is 91.3 Å². The number of carboxylic acids is 2. The maximum absolute atomic E-state index is 10.9. The van der Waals surface area contributed by atoms with E-state index in [1.165, 1.54) is 6.20 Å². The van der Waals surface area contributed by atoms with Crippen LogP contribution in [0.5, 0.6) is 17.2 Å². The van der Waals surface area contributed by atoms with Gasteiger partial charge in [-0.15, -0.1) is 0 Å². The summed E-state index contributed by atoms with van der Waals surface area (Å²) in [6.45, 7) is 7.20. The first-order valence-corrected chi connectivity index (χ1v) is 19.1. The molecule has 1 heterocycles. The summed E-state index contributed by atoms with van der Waals surface area (Å²) in [6, 6.07) is 27.8. The SMILES string of the molecule is Cc1c(COc2cc(OCc3cncc(C#N)c3)c(CNCCCC(=O)O)cc2Cl)cccc1-c1cccc(OCc2ccc(CNCCCC(=O)O)cc2)c1C. The average molecular weight is 791 g/mol. The standard InChI is InChI=1S/C45H47ClN4O7/c1-30-36(29-57-43-21-42(56-28-35-19-34(22-47)24-50-25-35)37(20-40(43)46)26-49-18-6-12-45(53)54)7-3-8-38(30)39-9-4-10-41(31(39)2)55-27-33-15-13-32(14-16-33)23-48-17-5-11-44(51)52/h3-4,7-10,13-16,19-21,24-25,48-49H,5-6,11-12,17-18,23,26-29H2,1-2H3,(H,51,52)(H,53,54). The summed E-state index contributed by atoms with van der Waals surface area (Å²) in [5.74, 6) is 0.158. The Hall–Kier alpha value is -5.93. The Balaban J connectivity index is 1.25. The second kappa shape index (κ2) is 21.4. The monoisotopic (exact) mass is 790 g/mol. The molecule has 0 atom stereocenters. The lowest BCUT2D eigenvalue weighted by molar-refractivity contribution is -0.138. The maximum atomic E-state index is 10.9. The van der Waals surface area contributed by atoms with Gasteiger partial charge >= 0.3 is 11.9 Å². The van der Waals surface area contributed by atoms with Crippen molar-refractivity contribution in [2.24, 2.45) is 0 Å². The third-order valence-electron chi connectivity index (χ3n) is 9.39. The zero-order chi connectivity index (χ0) is 40.6. The fourth-order valence-corrected chi connectivity index (χ4v) is 6.44. The van der Waals surface area contributed by atoms with Gasteiger partial charge < -0.3 is 35.1 Å². The molecule has 12 heteroatoms. The number of halogens is 1. The summed E-state index contributed by atoms with van der Waals surface area (Å²) in [5.41, 5.74) is 9.29. The van der Waals surface area contributed by atoms with Crippen molar-refractivity contribution in [2.45, 2.75) is 72.4 Å². The van der Waals surface area contributed by atoms with E-state index in [1.807, 2.05) is 36.4 Å². The predicted molar refractivity (Wildman–Crippen MR) is 218 cm³/mol. The number of hydrogen-bond acceptors (Lipinski definition) is 9. The van der Waals surface area contributed by atoms with Gasteiger partial charge in [-0.05, 0) is 96.9 Å². The lowest BCUT2D eigenvalue weighted by atomic mass is 9.93. The Labute approximate surface area is 338 Å². The van der Waals surface area contributed by atoms with Crippen molar-refractivity contribution in [3.63, 3.8) is 0 Å². The minimum atomic E-state index is -0.842. The molecule has 1 aromatic heterocycles. The molecule has 4 aromatic carbocycles. The largest absolute Gasteiger partial charge is 0.489 e. The van der Waals surface area contributed by atoms with Crippen LogP contribution in [0.3, 0.4) is 0 Å². The van der Waals surface area contributed by atoms with Crippen LogP contribution in [0.25, 0.3) is 11.1 Å². The van der Waals surface area contributed by atoms with Crippen LogP contribution in [0, 0.1) is 25.2 Å². The highest BCUT2D eigenvalue weighted by molar-refractivity contribution is 6.32. The molecule has 4 N–H and O–H groups in total. The lowest BCUT2D eigenvalue weighted by Gasteiger charge is -2.18. The molecule has 5 rings (SSSR count). The second-order valence-corrected chi connectivity index (χ2v) is 14.0. The van der Waals surface area contributed by atoms with Crippen LogP contribution in [0.1, 0.15) is 70.2 Å². The number of rotatable bonds is 22. The van der Waals surface area contributed by atoms with Gasteiger partial charge in [0.15, 0.2) is 0 Å². The smallest absolute Gasteiger partial charge is 0.303 e. The molecule has 0 aliphatic heterocycles. The van der Waals surface area contributed by atoms with Gasteiger partial charge in [0.1, 0.15) is 43.1 Å². The predicted octanol–water partition coefficient (Wildman–Crippen LogP) is 8.54. The van der Waals surface area contributed by atoms with Crippen LogP contribution in [0.2, 0.25) is 5.02 Å². The summed E-state index contributed by atoms with van der Waals surface area (Å²) < 4.78 is 18.9. The number of benzene rings is 4. The van der Waals surface area contributed by atoms with Gasteiger partial charge in [-0.25, -0.2) is 0 Å². The fourth-order valence-electron chi connectivity index (χ4n) is 6.20. The highest BCUT2D eigenvalue weighted by Crippen LogP contribution is 2.36. The minimum absolute atomic E-state index is 0.0708. The van der Waals surface area contributed by atoms with Crippen molar-refractivity contribution in [2.75, 3.05) is 13.1 Å². The molecular formula is C45H47ClN4O7. The molecule has 0 radical (unpaired) electrons. The number of hydrogen-bond donors (Lipinski definition) is 4. The van der Waals surface area contributed by atoms with Crippen LogP contribution in [-0.2, 0) is 42.5 Å². The van der Waals surface area contributed by atoms with Gasteiger partial charge in [0.25, 0.3) is 0 Å². The molecule has 0 bridgehead atoms. The lowest BCUT2D eigenvalue weighted by Crippen LogP contribution is -2.16. The molecule has 0 amide bonds. The summed E-state index contributed by atoms with van der Waals surface area (Å²) in [7, 11) is 0. The average Bonchev–Trinajstić information content (AvgIpc) is 3.20. The van der Waals surface area contributed by atoms with Crippen LogP contribution in [0.4, 0.5) is 0 Å². The minimum Gasteiger partial charge on any atom is -0.489 e. The van der Waals surface area contributed by atoms with Crippen LogP contribution >= 0.6 is 11.6 Å². The molecule has 11 nitrogen and oxygen atoms in total. The van der Waals surface area contributed by atoms with E-state index in [1.54, 1.807) is 24.4 Å². The number of carbonyl (C=O) groups is 2. The maximum Gasteiger partial charge on any atom is 0.303 e. The Morgan fingerprint density at radius 3 is 2.00 bits per heavy atom. The topological polar surface area (TPSA) is 163 Å². The van der Waals surface area contributed by atoms with Gasteiger partial charge in [-0.1, -0.05) is 66.2 Å². The second-order valence-electron chi connectivity index (χ2n) is 13.6. The van der Waals surface area contributed by atoms with E-state index in [4.69, 9.17) is 36.0 Å². The summed E-state index contributed by atoms with van der Waals surface area (Å²) in [5, 5.41) is 34.0. The van der Waals surface area contributed by atoms with E-state index in [2.05, 4.69) is 59.8 Å². The first kappa shape index (κ1) is 42.2. The van der Waals surface area contributed by atoms with Gasteiger partial charge in [0, 0.05) is 55.5 Å². The molecule has 0 unspecified atom stereocenters. The quantitative estimate of drug-likeness (QED) is 0.0497. The van der Waals surface area contributed by atoms with Crippen LogP contribution in [-0.4, -0.2) is 40.2 Å². The molecule has 57 heavy (non-hydrogen) atoms. The van der Waals surface area contributed by atoms with E-state index in [0.717, 1.165) is 55.8 Å². The zero-order valence-electron chi connectivity index (χ0n) is 32.1. The Morgan fingerprint density at radius 2 is 1.30 bits per heavy atom. The third-order valence-corrected chi connectivity index (χ3v) is 9.68. The number of nitrogens with zero attached hydrogens (tertiary/aromatic N) is 2. The van der Waals surface area contributed by atoms with Gasteiger partial charge in [-0.2, -0.15) is 5.26 Å². The molecule has 296 valence electrons. The summed E-state index contributed by atoms with van der Waals surface area (Å²) in [6.07, 6.45) is 4.45. The number of carboxylic acid groups (broad SMARTS) is 2. The molecule has 5 aromatic rings. The molecule has 0 aliphatic rings. The van der Waals surface area contributed by atoms with Gasteiger partial charge in [0.2, 0.25) is 0 Å². The number of pyridine rings is 1. The van der Waals surface area contributed by atoms with Gasteiger partial charge in [-0.3, -0.25) is 14.6 Å². The summed E-state index contributed by atoms with van der Waals surface area (Å²) in [4.78, 5) is 25.8. The Bertz CT molecular complexity index is 2190. The zero-order valence-corrected chi connectivity index (χ0v) is 32.9. The van der Waals surface area contributed by atoms with E-state index < -0.39 is 11.9 Å². The van der Waals surface area contributed by atoms with Crippen molar-refractivity contribution in [3.8, 4) is 34.4 Å². The highest BCUT2D eigenvalue weighted by atomic mass is 35.5. The molecule has 0 spiro atoms. The van der Waals surface area contributed by atoms with Crippen molar-refractivity contribution >= 4 is 23.5 Å². The molecule has 0 saturated heterocycles. The van der Waals surface area contributed by atoms with Crippen LogP contribution < -0.4 is 24.8 Å². The first-order chi connectivity index (χ1) is 27.6. The fraction of sp³-hybridized carbons (Fsp3) is 0.289. The number of ether oxygens (including phenoxy) is 3. The van der Waals surface area contributed by atoms with Crippen molar-refractivity contribution in [1.82, 2.24) is 15.6 Å². The number of aliphatic carboxylic acids is 2. The summed E-state index contributed by atoms with van der Waals surface area (Å²) >= 11 is 6.77. The Morgan fingerprint density at radius 1 is 0.684 bits per heavy atom. The molecular weight excluding hydrogens is 744 g/mol. The van der Waals surface area contributed by atoms with Crippen molar-refractivity contribution in [1.29, 1.82) is 5.26 Å².